The quantitative estimate of drug-likeness (QED) is 0.738. The third kappa shape index (κ3) is 3.12. The maximum absolute atomic E-state index is 13.7. The summed E-state index contributed by atoms with van der Waals surface area (Å²) in [5.41, 5.74) is 2.44. The molecule has 6 heteroatoms. The van der Waals surface area contributed by atoms with Crippen LogP contribution in [0.4, 0.5) is 4.39 Å². The first-order chi connectivity index (χ1) is 12.2. The zero-order valence-electron chi connectivity index (χ0n) is 13.8. The van der Waals surface area contributed by atoms with Crippen molar-refractivity contribution in [2.24, 2.45) is 0 Å². The summed E-state index contributed by atoms with van der Waals surface area (Å²) in [7, 11) is 0. The lowest BCUT2D eigenvalue weighted by Gasteiger charge is -2.32. The highest BCUT2D eigenvalue weighted by atomic mass is 19.1. The molecule has 3 aromatic rings. The fourth-order valence-corrected chi connectivity index (χ4v) is 3.50. The summed E-state index contributed by atoms with van der Waals surface area (Å²) >= 11 is 0. The van der Waals surface area contributed by atoms with Gasteiger partial charge in [0.2, 0.25) is 5.91 Å². The lowest BCUT2D eigenvalue weighted by Crippen LogP contribution is -2.39. The van der Waals surface area contributed by atoms with Crippen LogP contribution in [0.3, 0.4) is 0 Å². The molecule has 0 N–H and O–H groups in total. The van der Waals surface area contributed by atoms with E-state index in [-0.39, 0.29) is 18.1 Å². The summed E-state index contributed by atoms with van der Waals surface area (Å²) < 4.78 is 15.6. The van der Waals surface area contributed by atoms with Gasteiger partial charge in [-0.25, -0.2) is 13.9 Å². The fourth-order valence-electron chi connectivity index (χ4n) is 3.50. The largest absolute Gasteiger partial charge is 0.342 e. The molecule has 3 heterocycles. The molecular formula is C19H19FN4O. The van der Waals surface area contributed by atoms with Crippen LogP contribution in [0.2, 0.25) is 0 Å². The van der Waals surface area contributed by atoms with Crippen LogP contribution < -0.4 is 0 Å². The highest BCUT2D eigenvalue weighted by Crippen LogP contribution is 2.28. The number of benzene rings is 1. The van der Waals surface area contributed by atoms with E-state index in [0.29, 0.717) is 24.6 Å². The van der Waals surface area contributed by atoms with Crippen LogP contribution in [-0.4, -0.2) is 38.5 Å². The molecule has 0 radical (unpaired) electrons. The second kappa shape index (κ2) is 6.63. The van der Waals surface area contributed by atoms with Gasteiger partial charge in [0, 0.05) is 37.0 Å². The van der Waals surface area contributed by atoms with Crippen molar-refractivity contribution in [3.8, 4) is 0 Å². The normalized spacial score (nSPS) is 15.6. The molecule has 0 unspecified atom stereocenters. The maximum Gasteiger partial charge on any atom is 0.227 e. The van der Waals surface area contributed by atoms with Gasteiger partial charge in [-0.3, -0.25) is 4.79 Å². The lowest BCUT2D eigenvalue weighted by molar-refractivity contribution is -0.131. The Labute approximate surface area is 145 Å². The van der Waals surface area contributed by atoms with Crippen LogP contribution in [0.1, 0.15) is 30.0 Å². The molecule has 2 aromatic heterocycles. The Kier molecular flexibility index (Phi) is 4.17. The van der Waals surface area contributed by atoms with E-state index in [4.69, 9.17) is 0 Å². The number of amides is 1. The number of carbonyl (C=O) groups is 1. The molecule has 0 spiro atoms. The minimum absolute atomic E-state index is 0.0116. The molecule has 1 aromatic carbocycles. The van der Waals surface area contributed by atoms with E-state index < -0.39 is 0 Å². The van der Waals surface area contributed by atoms with Crippen molar-refractivity contribution in [3.05, 3.63) is 65.9 Å². The average Bonchev–Trinajstić information content (AvgIpc) is 3.12. The number of rotatable bonds is 3. The van der Waals surface area contributed by atoms with Gasteiger partial charge < -0.3 is 4.90 Å². The molecule has 5 nitrogen and oxygen atoms in total. The van der Waals surface area contributed by atoms with E-state index in [1.165, 1.54) is 6.07 Å². The van der Waals surface area contributed by atoms with Crippen LogP contribution in [-0.2, 0) is 11.2 Å². The highest BCUT2D eigenvalue weighted by Gasteiger charge is 2.25. The Morgan fingerprint density at radius 2 is 1.92 bits per heavy atom. The van der Waals surface area contributed by atoms with Gasteiger partial charge in [-0.1, -0.05) is 18.2 Å². The van der Waals surface area contributed by atoms with Crippen molar-refractivity contribution in [2.75, 3.05) is 13.1 Å². The van der Waals surface area contributed by atoms with Gasteiger partial charge in [-0.2, -0.15) is 5.10 Å². The van der Waals surface area contributed by atoms with E-state index in [0.717, 1.165) is 24.2 Å². The van der Waals surface area contributed by atoms with E-state index in [2.05, 4.69) is 10.1 Å². The number of hydrogen-bond donors (Lipinski definition) is 0. The minimum Gasteiger partial charge on any atom is -0.342 e. The van der Waals surface area contributed by atoms with Crippen molar-refractivity contribution in [1.29, 1.82) is 0 Å². The van der Waals surface area contributed by atoms with Crippen molar-refractivity contribution < 1.29 is 9.18 Å². The van der Waals surface area contributed by atoms with Gasteiger partial charge in [0.1, 0.15) is 5.82 Å². The standard InChI is InChI=1S/C19H19FN4O/c20-16-4-2-1-3-15(16)13-19(25)23-11-7-14(8-12-23)17-5-9-21-18-6-10-22-24(17)18/h1-6,9-10,14H,7-8,11-13H2. The molecule has 1 amide bonds. The molecule has 1 aliphatic rings. The molecule has 0 bridgehead atoms. The Morgan fingerprint density at radius 1 is 1.12 bits per heavy atom. The minimum atomic E-state index is -0.316. The van der Waals surface area contributed by atoms with Gasteiger partial charge in [0.25, 0.3) is 0 Å². The topological polar surface area (TPSA) is 50.5 Å². The first-order valence-corrected chi connectivity index (χ1v) is 8.52. The maximum atomic E-state index is 13.7. The SMILES string of the molecule is O=C(Cc1ccccc1F)N1CCC(c2ccnc3ccnn23)CC1. The van der Waals surface area contributed by atoms with E-state index in [1.54, 1.807) is 24.4 Å². The van der Waals surface area contributed by atoms with Crippen molar-refractivity contribution in [2.45, 2.75) is 25.2 Å². The second-order valence-electron chi connectivity index (χ2n) is 6.39. The first kappa shape index (κ1) is 15.7. The number of halogens is 1. The number of likely N-dealkylation sites (tertiary alicyclic amines) is 1. The highest BCUT2D eigenvalue weighted by molar-refractivity contribution is 5.79. The number of carbonyl (C=O) groups excluding carboxylic acids is 1. The molecule has 4 rings (SSSR count). The van der Waals surface area contributed by atoms with Crippen LogP contribution in [0, 0.1) is 5.82 Å². The number of piperidine rings is 1. The van der Waals surface area contributed by atoms with Crippen LogP contribution in [0.25, 0.3) is 5.65 Å². The zero-order valence-corrected chi connectivity index (χ0v) is 13.8. The van der Waals surface area contributed by atoms with Crippen LogP contribution in [0.5, 0.6) is 0 Å². The third-order valence-corrected chi connectivity index (χ3v) is 4.88. The number of fused-ring (bicyclic) bond motifs is 1. The van der Waals surface area contributed by atoms with Gasteiger partial charge in [0.05, 0.1) is 12.6 Å². The second-order valence-corrected chi connectivity index (χ2v) is 6.39. The van der Waals surface area contributed by atoms with Crippen molar-refractivity contribution in [1.82, 2.24) is 19.5 Å². The van der Waals surface area contributed by atoms with E-state index >= 15 is 0 Å². The molecule has 128 valence electrons. The molecular weight excluding hydrogens is 319 g/mol. The molecule has 1 fully saturated rings. The molecule has 0 atom stereocenters. The van der Waals surface area contributed by atoms with Crippen LogP contribution >= 0.6 is 0 Å². The third-order valence-electron chi connectivity index (χ3n) is 4.88. The van der Waals surface area contributed by atoms with Crippen molar-refractivity contribution >= 4 is 11.6 Å². The molecule has 1 saturated heterocycles. The summed E-state index contributed by atoms with van der Waals surface area (Å²) in [6.45, 7) is 1.37. The van der Waals surface area contributed by atoms with E-state index in [1.807, 2.05) is 27.7 Å². The first-order valence-electron chi connectivity index (χ1n) is 8.52. The number of nitrogens with zero attached hydrogens (tertiary/aromatic N) is 4. The van der Waals surface area contributed by atoms with Crippen molar-refractivity contribution in [3.63, 3.8) is 0 Å². The van der Waals surface area contributed by atoms with Gasteiger partial charge in [0.15, 0.2) is 5.65 Å². The summed E-state index contributed by atoms with van der Waals surface area (Å²) in [4.78, 5) is 18.6. The van der Waals surface area contributed by atoms with Gasteiger partial charge in [-0.15, -0.1) is 0 Å². The molecule has 0 saturated carbocycles. The summed E-state index contributed by atoms with van der Waals surface area (Å²) in [5.74, 6) is 0.0222. The average molecular weight is 338 g/mol. The monoisotopic (exact) mass is 338 g/mol. The Balaban J connectivity index is 1.42. The molecule has 0 aliphatic carbocycles. The summed E-state index contributed by atoms with van der Waals surface area (Å²) in [6, 6.07) is 10.4. The zero-order chi connectivity index (χ0) is 17.2. The Morgan fingerprint density at radius 3 is 2.72 bits per heavy atom. The van der Waals surface area contributed by atoms with Gasteiger partial charge >= 0.3 is 0 Å². The van der Waals surface area contributed by atoms with E-state index in [9.17, 15) is 9.18 Å². The fraction of sp³-hybridized carbons (Fsp3) is 0.316. The molecule has 1 aliphatic heterocycles. The lowest BCUT2D eigenvalue weighted by atomic mass is 9.93. The summed E-state index contributed by atoms with van der Waals surface area (Å²) in [6.07, 6.45) is 5.43. The predicted octanol–water partition coefficient (Wildman–Crippen LogP) is 2.82. The Bertz CT molecular complexity index is 899. The smallest absolute Gasteiger partial charge is 0.227 e. The van der Waals surface area contributed by atoms with Gasteiger partial charge in [-0.05, 0) is 30.5 Å². The summed E-state index contributed by atoms with van der Waals surface area (Å²) in [5, 5.41) is 4.35. The Hall–Kier alpha value is -2.76. The predicted molar refractivity (Wildman–Crippen MR) is 91.6 cm³/mol. The number of aromatic nitrogens is 3. The number of hydrogen-bond acceptors (Lipinski definition) is 3. The molecule has 25 heavy (non-hydrogen) atoms. The van der Waals surface area contributed by atoms with Crippen LogP contribution in [0.15, 0.2) is 48.8 Å².